The van der Waals surface area contributed by atoms with Crippen molar-refractivity contribution in [3.63, 3.8) is 0 Å². The number of likely N-dealkylation sites (tertiary alicyclic amines) is 1. The lowest BCUT2D eigenvalue weighted by Gasteiger charge is -2.37. The van der Waals surface area contributed by atoms with Crippen LogP contribution in [0.3, 0.4) is 0 Å². The predicted molar refractivity (Wildman–Crippen MR) is 73.0 cm³/mol. The van der Waals surface area contributed by atoms with E-state index in [1.807, 2.05) is 6.92 Å². The SMILES string of the molecule is CC1(C)CCN(CCCCC(C)(N)CO)CC1. The Morgan fingerprint density at radius 3 is 2.35 bits per heavy atom. The summed E-state index contributed by atoms with van der Waals surface area (Å²) in [4.78, 5) is 2.57. The largest absolute Gasteiger partial charge is 0.394 e. The molecule has 0 bridgehead atoms. The van der Waals surface area contributed by atoms with Gasteiger partial charge in [0.05, 0.1) is 6.61 Å². The zero-order chi connectivity index (χ0) is 12.9. The van der Waals surface area contributed by atoms with E-state index in [1.165, 1.54) is 38.9 Å². The molecule has 102 valence electrons. The minimum atomic E-state index is -0.385. The molecule has 0 aliphatic carbocycles. The molecule has 0 amide bonds. The molecule has 1 aliphatic rings. The minimum absolute atomic E-state index is 0.0882. The number of aliphatic hydroxyl groups is 1. The lowest BCUT2D eigenvalue weighted by atomic mass is 9.82. The summed E-state index contributed by atoms with van der Waals surface area (Å²) in [5.41, 5.74) is 6.07. The van der Waals surface area contributed by atoms with Crippen LogP contribution in [0.2, 0.25) is 0 Å². The van der Waals surface area contributed by atoms with Crippen LogP contribution in [0.5, 0.6) is 0 Å². The predicted octanol–water partition coefficient (Wildman–Crippen LogP) is 1.99. The molecule has 1 unspecified atom stereocenters. The second-order valence-corrected chi connectivity index (χ2v) is 6.78. The second kappa shape index (κ2) is 6.17. The van der Waals surface area contributed by atoms with E-state index in [0.717, 1.165) is 12.8 Å². The second-order valence-electron chi connectivity index (χ2n) is 6.78. The molecule has 0 radical (unpaired) electrons. The minimum Gasteiger partial charge on any atom is -0.394 e. The van der Waals surface area contributed by atoms with Crippen LogP contribution in [-0.4, -0.2) is 41.8 Å². The molecule has 0 aromatic heterocycles. The maximum absolute atomic E-state index is 9.06. The maximum Gasteiger partial charge on any atom is 0.0608 e. The van der Waals surface area contributed by atoms with E-state index in [-0.39, 0.29) is 12.1 Å². The summed E-state index contributed by atoms with van der Waals surface area (Å²) in [5.74, 6) is 0. The molecule has 17 heavy (non-hydrogen) atoms. The molecule has 1 rings (SSSR count). The fraction of sp³-hybridized carbons (Fsp3) is 1.00. The van der Waals surface area contributed by atoms with Gasteiger partial charge in [0.25, 0.3) is 0 Å². The van der Waals surface area contributed by atoms with Gasteiger partial charge in [-0.05, 0) is 57.7 Å². The fourth-order valence-electron chi connectivity index (χ4n) is 2.33. The number of unbranched alkanes of at least 4 members (excludes halogenated alkanes) is 1. The molecule has 0 spiro atoms. The van der Waals surface area contributed by atoms with Crippen molar-refractivity contribution in [2.75, 3.05) is 26.2 Å². The molecule has 0 aromatic rings. The van der Waals surface area contributed by atoms with E-state index in [4.69, 9.17) is 10.8 Å². The van der Waals surface area contributed by atoms with Gasteiger partial charge in [-0.15, -0.1) is 0 Å². The molecular weight excluding hydrogens is 212 g/mol. The Kier molecular flexibility index (Phi) is 5.42. The highest BCUT2D eigenvalue weighted by Gasteiger charge is 2.25. The van der Waals surface area contributed by atoms with Gasteiger partial charge in [-0.1, -0.05) is 20.3 Å². The van der Waals surface area contributed by atoms with Gasteiger partial charge in [0.15, 0.2) is 0 Å². The van der Waals surface area contributed by atoms with E-state index in [2.05, 4.69) is 18.7 Å². The smallest absolute Gasteiger partial charge is 0.0608 e. The van der Waals surface area contributed by atoms with Crippen LogP contribution in [-0.2, 0) is 0 Å². The normalized spacial score (nSPS) is 24.5. The molecule has 0 saturated carbocycles. The van der Waals surface area contributed by atoms with Gasteiger partial charge < -0.3 is 15.7 Å². The lowest BCUT2D eigenvalue weighted by Crippen LogP contribution is -2.40. The van der Waals surface area contributed by atoms with Gasteiger partial charge in [-0.3, -0.25) is 0 Å². The molecule has 3 N–H and O–H groups in total. The summed E-state index contributed by atoms with van der Waals surface area (Å²) in [6.45, 7) is 10.4. The molecule has 1 fully saturated rings. The number of hydrogen-bond acceptors (Lipinski definition) is 3. The average Bonchev–Trinajstić information content (AvgIpc) is 2.26. The van der Waals surface area contributed by atoms with Crippen LogP contribution in [0.1, 0.15) is 52.9 Å². The van der Waals surface area contributed by atoms with Crippen LogP contribution < -0.4 is 5.73 Å². The Labute approximate surface area is 106 Å². The van der Waals surface area contributed by atoms with Crippen molar-refractivity contribution in [2.24, 2.45) is 11.1 Å². The van der Waals surface area contributed by atoms with Gasteiger partial charge >= 0.3 is 0 Å². The topological polar surface area (TPSA) is 49.5 Å². The van der Waals surface area contributed by atoms with E-state index in [0.29, 0.717) is 5.41 Å². The molecule has 3 nitrogen and oxygen atoms in total. The Morgan fingerprint density at radius 1 is 1.24 bits per heavy atom. The Morgan fingerprint density at radius 2 is 1.82 bits per heavy atom. The van der Waals surface area contributed by atoms with E-state index < -0.39 is 0 Å². The van der Waals surface area contributed by atoms with Crippen molar-refractivity contribution in [3.05, 3.63) is 0 Å². The quantitative estimate of drug-likeness (QED) is 0.700. The number of aliphatic hydroxyl groups excluding tert-OH is 1. The van der Waals surface area contributed by atoms with Crippen molar-refractivity contribution in [2.45, 2.75) is 58.4 Å². The summed E-state index contributed by atoms with van der Waals surface area (Å²) in [7, 11) is 0. The molecule has 1 saturated heterocycles. The highest BCUT2D eigenvalue weighted by atomic mass is 16.3. The summed E-state index contributed by atoms with van der Waals surface area (Å²) in [5, 5.41) is 9.06. The molecule has 0 aromatic carbocycles. The number of rotatable bonds is 6. The standard InChI is InChI=1S/C14H30N2O/c1-13(2)7-10-16(11-8-13)9-5-4-6-14(3,15)12-17/h17H,4-12,15H2,1-3H3. The fourth-order valence-corrected chi connectivity index (χ4v) is 2.33. The first-order chi connectivity index (χ1) is 7.85. The van der Waals surface area contributed by atoms with Crippen molar-refractivity contribution in [3.8, 4) is 0 Å². The summed E-state index contributed by atoms with van der Waals surface area (Å²) >= 11 is 0. The number of piperidine rings is 1. The first-order valence-corrected chi connectivity index (χ1v) is 6.97. The molecular formula is C14H30N2O. The third kappa shape index (κ3) is 5.84. The van der Waals surface area contributed by atoms with Crippen LogP contribution >= 0.6 is 0 Å². The van der Waals surface area contributed by atoms with Gasteiger partial charge in [-0.25, -0.2) is 0 Å². The van der Waals surface area contributed by atoms with Crippen LogP contribution in [0.25, 0.3) is 0 Å². The summed E-state index contributed by atoms with van der Waals surface area (Å²) in [6.07, 6.45) is 5.87. The van der Waals surface area contributed by atoms with Crippen molar-refractivity contribution in [1.82, 2.24) is 4.90 Å². The maximum atomic E-state index is 9.06. The van der Waals surface area contributed by atoms with Gasteiger partial charge in [0.1, 0.15) is 0 Å². The highest BCUT2D eigenvalue weighted by molar-refractivity contribution is 4.79. The Hall–Kier alpha value is -0.120. The van der Waals surface area contributed by atoms with Crippen molar-refractivity contribution < 1.29 is 5.11 Å². The molecule has 1 aliphatic heterocycles. The Balaban J connectivity index is 2.08. The van der Waals surface area contributed by atoms with E-state index >= 15 is 0 Å². The molecule has 1 atom stereocenters. The van der Waals surface area contributed by atoms with Crippen molar-refractivity contribution >= 4 is 0 Å². The molecule has 1 heterocycles. The number of hydrogen-bond donors (Lipinski definition) is 2. The lowest BCUT2D eigenvalue weighted by molar-refractivity contribution is 0.129. The van der Waals surface area contributed by atoms with Crippen LogP contribution in [0, 0.1) is 5.41 Å². The monoisotopic (exact) mass is 242 g/mol. The van der Waals surface area contributed by atoms with Gasteiger partial charge in [0.2, 0.25) is 0 Å². The third-order valence-electron chi connectivity index (χ3n) is 4.04. The van der Waals surface area contributed by atoms with Crippen LogP contribution in [0.4, 0.5) is 0 Å². The summed E-state index contributed by atoms with van der Waals surface area (Å²) in [6, 6.07) is 0. The van der Waals surface area contributed by atoms with Gasteiger partial charge in [-0.2, -0.15) is 0 Å². The van der Waals surface area contributed by atoms with Gasteiger partial charge in [0, 0.05) is 5.54 Å². The zero-order valence-corrected chi connectivity index (χ0v) is 11.8. The first kappa shape index (κ1) is 14.9. The van der Waals surface area contributed by atoms with E-state index in [1.54, 1.807) is 0 Å². The van der Waals surface area contributed by atoms with Crippen molar-refractivity contribution in [1.29, 1.82) is 0 Å². The van der Waals surface area contributed by atoms with Crippen LogP contribution in [0.15, 0.2) is 0 Å². The third-order valence-corrected chi connectivity index (χ3v) is 4.04. The zero-order valence-electron chi connectivity index (χ0n) is 11.8. The average molecular weight is 242 g/mol. The first-order valence-electron chi connectivity index (χ1n) is 6.97. The molecule has 3 heteroatoms. The van der Waals surface area contributed by atoms with E-state index in [9.17, 15) is 0 Å². The number of nitrogens with zero attached hydrogens (tertiary/aromatic N) is 1. The number of nitrogens with two attached hydrogens (primary N) is 1. The highest BCUT2D eigenvalue weighted by Crippen LogP contribution is 2.29. The summed E-state index contributed by atoms with van der Waals surface area (Å²) < 4.78 is 0. The Bertz CT molecular complexity index is 216.